The smallest absolute Gasteiger partial charge is 0.226 e. The zero-order valence-electron chi connectivity index (χ0n) is 13.3. The van der Waals surface area contributed by atoms with Crippen molar-refractivity contribution in [3.8, 4) is 10.6 Å². The standard InChI is InChI=1S/C16H21N3OS.2ClH/c1-12-4-6-13(7-5-12)16-19-14(11-21-16)10-15(20)18-9-3-8-17-2;;/h4-7,11,17H,3,8-10H2,1-2H3,(H,18,20);2*1H. The average molecular weight is 376 g/mol. The molecule has 1 aromatic heterocycles. The van der Waals surface area contributed by atoms with Gasteiger partial charge in [0.05, 0.1) is 12.1 Å². The predicted octanol–water partition coefficient (Wildman–Crippen LogP) is 3.23. The van der Waals surface area contributed by atoms with E-state index in [1.165, 1.54) is 5.56 Å². The van der Waals surface area contributed by atoms with Crippen molar-refractivity contribution in [2.75, 3.05) is 20.1 Å². The van der Waals surface area contributed by atoms with Gasteiger partial charge in [0.15, 0.2) is 0 Å². The Hall–Kier alpha value is -1.14. The van der Waals surface area contributed by atoms with Crippen LogP contribution in [-0.2, 0) is 11.2 Å². The second-order valence-corrected chi connectivity index (χ2v) is 5.85. The molecule has 4 nitrogen and oxygen atoms in total. The topological polar surface area (TPSA) is 54.0 Å². The third-order valence-electron chi connectivity index (χ3n) is 3.12. The van der Waals surface area contributed by atoms with E-state index in [0.717, 1.165) is 29.2 Å². The molecule has 7 heteroatoms. The van der Waals surface area contributed by atoms with Crippen LogP contribution in [0.3, 0.4) is 0 Å². The van der Waals surface area contributed by atoms with Crippen LogP contribution in [0.25, 0.3) is 10.6 Å². The number of aryl methyl sites for hydroxylation is 1. The zero-order chi connectivity index (χ0) is 15.1. The fourth-order valence-corrected chi connectivity index (χ4v) is 2.76. The van der Waals surface area contributed by atoms with E-state index in [1.54, 1.807) is 11.3 Å². The number of hydrogen-bond acceptors (Lipinski definition) is 4. The van der Waals surface area contributed by atoms with Crippen molar-refractivity contribution in [3.05, 3.63) is 40.9 Å². The molecular formula is C16H23Cl2N3OS. The molecule has 0 aliphatic heterocycles. The minimum atomic E-state index is 0. The van der Waals surface area contributed by atoms with Crippen LogP contribution in [0.2, 0.25) is 0 Å². The number of nitrogens with one attached hydrogen (secondary N) is 2. The lowest BCUT2D eigenvalue weighted by Crippen LogP contribution is -2.28. The third kappa shape index (κ3) is 7.31. The SMILES string of the molecule is CNCCCNC(=O)Cc1csc(-c2ccc(C)cc2)n1.Cl.Cl. The molecule has 0 bridgehead atoms. The molecule has 2 N–H and O–H groups in total. The maximum Gasteiger partial charge on any atom is 0.226 e. The lowest BCUT2D eigenvalue weighted by Gasteiger charge is -2.03. The summed E-state index contributed by atoms with van der Waals surface area (Å²) in [6, 6.07) is 8.28. The van der Waals surface area contributed by atoms with Gasteiger partial charge in [-0.15, -0.1) is 36.2 Å². The molecule has 0 atom stereocenters. The van der Waals surface area contributed by atoms with Crippen LogP contribution in [0.1, 0.15) is 17.7 Å². The number of thiazole rings is 1. The average Bonchev–Trinajstić information content (AvgIpc) is 2.93. The highest BCUT2D eigenvalue weighted by atomic mass is 35.5. The molecule has 0 aliphatic rings. The summed E-state index contributed by atoms with van der Waals surface area (Å²) in [4.78, 5) is 16.3. The molecule has 128 valence electrons. The number of benzene rings is 1. The van der Waals surface area contributed by atoms with E-state index in [-0.39, 0.29) is 30.7 Å². The van der Waals surface area contributed by atoms with Crippen LogP contribution >= 0.6 is 36.2 Å². The van der Waals surface area contributed by atoms with Gasteiger partial charge in [-0.1, -0.05) is 29.8 Å². The van der Waals surface area contributed by atoms with Crippen LogP contribution < -0.4 is 10.6 Å². The van der Waals surface area contributed by atoms with Crippen molar-refractivity contribution in [1.29, 1.82) is 0 Å². The molecule has 0 fully saturated rings. The van der Waals surface area contributed by atoms with E-state index in [4.69, 9.17) is 0 Å². The molecule has 0 spiro atoms. The van der Waals surface area contributed by atoms with Gasteiger partial charge in [-0.25, -0.2) is 4.98 Å². The summed E-state index contributed by atoms with van der Waals surface area (Å²) < 4.78 is 0. The summed E-state index contributed by atoms with van der Waals surface area (Å²) in [6.07, 6.45) is 1.29. The molecule has 0 saturated carbocycles. The molecule has 0 radical (unpaired) electrons. The summed E-state index contributed by atoms with van der Waals surface area (Å²) in [6.45, 7) is 3.68. The zero-order valence-corrected chi connectivity index (χ0v) is 15.7. The highest BCUT2D eigenvalue weighted by Crippen LogP contribution is 2.24. The van der Waals surface area contributed by atoms with Crippen molar-refractivity contribution in [1.82, 2.24) is 15.6 Å². The summed E-state index contributed by atoms with van der Waals surface area (Å²) >= 11 is 1.58. The first-order chi connectivity index (χ1) is 10.2. The van der Waals surface area contributed by atoms with Crippen LogP contribution in [0.15, 0.2) is 29.6 Å². The van der Waals surface area contributed by atoms with Crippen LogP contribution in [-0.4, -0.2) is 31.0 Å². The number of carbonyl (C=O) groups is 1. The maximum atomic E-state index is 11.8. The summed E-state index contributed by atoms with van der Waals surface area (Å²) in [5, 5.41) is 8.89. The minimum absolute atomic E-state index is 0. The van der Waals surface area contributed by atoms with E-state index >= 15 is 0 Å². The Kier molecular flexibility index (Phi) is 10.8. The Morgan fingerprint density at radius 3 is 2.52 bits per heavy atom. The minimum Gasteiger partial charge on any atom is -0.356 e. The maximum absolute atomic E-state index is 11.8. The lowest BCUT2D eigenvalue weighted by atomic mass is 10.2. The monoisotopic (exact) mass is 375 g/mol. The first-order valence-corrected chi connectivity index (χ1v) is 8.00. The number of nitrogens with zero attached hydrogens (tertiary/aromatic N) is 1. The first kappa shape index (κ1) is 21.9. The number of hydrogen-bond donors (Lipinski definition) is 2. The fourth-order valence-electron chi connectivity index (χ4n) is 1.94. The van der Waals surface area contributed by atoms with Crippen molar-refractivity contribution >= 4 is 42.1 Å². The molecule has 2 rings (SSSR count). The van der Waals surface area contributed by atoms with Gasteiger partial charge in [0, 0.05) is 17.5 Å². The van der Waals surface area contributed by atoms with Crippen LogP contribution in [0.5, 0.6) is 0 Å². The Morgan fingerprint density at radius 1 is 1.17 bits per heavy atom. The highest BCUT2D eigenvalue weighted by molar-refractivity contribution is 7.13. The second kappa shape index (κ2) is 11.4. The number of carbonyl (C=O) groups excluding carboxylic acids is 1. The van der Waals surface area contributed by atoms with Gasteiger partial charge in [-0.3, -0.25) is 4.79 Å². The fraction of sp³-hybridized carbons (Fsp3) is 0.375. The second-order valence-electron chi connectivity index (χ2n) is 4.99. The van der Waals surface area contributed by atoms with Crippen LogP contribution in [0, 0.1) is 6.92 Å². The number of aromatic nitrogens is 1. The van der Waals surface area contributed by atoms with Crippen molar-refractivity contribution < 1.29 is 4.79 Å². The van der Waals surface area contributed by atoms with Gasteiger partial charge in [-0.05, 0) is 26.9 Å². The molecule has 1 heterocycles. The van der Waals surface area contributed by atoms with Gasteiger partial charge >= 0.3 is 0 Å². The number of amides is 1. The lowest BCUT2D eigenvalue weighted by molar-refractivity contribution is -0.120. The van der Waals surface area contributed by atoms with E-state index in [1.807, 2.05) is 12.4 Å². The molecular weight excluding hydrogens is 353 g/mol. The Morgan fingerprint density at radius 2 is 1.87 bits per heavy atom. The Bertz CT molecular complexity index is 587. The van der Waals surface area contributed by atoms with Crippen molar-refractivity contribution in [2.45, 2.75) is 19.8 Å². The predicted molar refractivity (Wildman–Crippen MR) is 102 cm³/mol. The van der Waals surface area contributed by atoms with E-state index in [2.05, 4.69) is 46.8 Å². The van der Waals surface area contributed by atoms with Crippen molar-refractivity contribution in [3.63, 3.8) is 0 Å². The molecule has 0 aliphatic carbocycles. The van der Waals surface area contributed by atoms with Crippen LogP contribution in [0.4, 0.5) is 0 Å². The summed E-state index contributed by atoms with van der Waals surface area (Å²) in [7, 11) is 1.91. The number of rotatable bonds is 7. The molecule has 23 heavy (non-hydrogen) atoms. The Balaban J connectivity index is 0.00000242. The van der Waals surface area contributed by atoms with Gasteiger partial charge < -0.3 is 10.6 Å². The van der Waals surface area contributed by atoms with Gasteiger partial charge in [-0.2, -0.15) is 0 Å². The molecule has 0 unspecified atom stereocenters. The largest absolute Gasteiger partial charge is 0.356 e. The highest BCUT2D eigenvalue weighted by Gasteiger charge is 2.08. The Labute approximate surface area is 153 Å². The molecule has 1 aromatic carbocycles. The van der Waals surface area contributed by atoms with Gasteiger partial charge in [0.25, 0.3) is 0 Å². The quantitative estimate of drug-likeness (QED) is 0.730. The summed E-state index contributed by atoms with van der Waals surface area (Å²) in [5.74, 6) is 0.0341. The summed E-state index contributed by atoms with van der Waals surface area (Å²) in [5.41, 5.74) is 3.17. The van der Waals surface area contributed by atoms with E-state index in [9.17, 15) is 4.79 Å². The number of halogens is 2. The van der Waals surface area contributed by atoms with E-state index < -0.39 is 0 Å². The molecule has 1 amide bonds. The van der Waals surface area contributed by atoms with Crippen molar-refractivity contribution in [2.24, 2.45) is 0 Å². The van der Waals surface area contributed by atoms with Gasteiger partial charge in [0.1, 0.15) is 5.01 Å². The third-order valence-corrected chi connectivity index (χ3v) is 4.06. The van der Waals surface area contributed by atoms with Gasteiger partial charge in [0.2, 0.25) is 5.91 Å². The first-order valence-electron chi connectivity index (χ1n) is 7.12. The molecule has 0 saturated heterocycles. The normalized spacial score (nSPS) is 9.65. The van der Waals surface area contributed by atoms with E-state index in [0.29, 0.717) is 13.0 Å². The molecule has 2 aromatic rings.